The zero-order valence-corrected chi connectivity index (χ0v) is 12.0. The summed E-state index contributed by atoms with van der Waals surface area (Å²) in [6.07, 6.45) is 0.416. The number of rotatable bonds is 5. The Kier molecular flexibility index (Phi) is 5.20. The van der Waals surface area contributed by atoms with E-state index in [0.717, 1.165) is 6.07 Å². The van der Waals surface area contributed by atoms with Gasteiger partial charge in [0.25, 0.3) is 0 Å². The zero-order chi connectivity index (χ0) is 13.9. The lowest BCUT2D eigenvalue weighted by Gasteiger charge is -2.10. The molecule has 102 valence electrons. The lowest BCUT2D eigenvalue weighted by atomic mass is 10.3. The van der Waals surface area contributed by atoms with Gasteiger partial charge in [-0.3, -0.25) is 0 Å². The van der Waals surface area contributed by atoms with Crippen LogP contribution in [0.15, 0.2) is 21.5 Å². The third-order valence-electron chi connectivity index (χ3n) is 2.12. The van der Waals surface area contributed by atoms with Crippen LogP contribution in [0.4, 0.5) is 8.78 Å². The molecule has 1 atom stereocenters. The second-order valence-corrected chi connectivity index (χ2v) is 6.42. The van der Waals surface area contributed by atoms with Crippen molar-refractivity contribution in [3.63, 3.8) is 0 Å². The lowest BCUT2D eigenvalue weighted by molar-refractivity contribution is 0.538. The summed E-state index contributed by atoms with van der Waals surface area (Å²) >= 11 is 2.83. The van der Waals surface area contributed by atoms with Crippen LogP contribution in [-0.4, -0.2) is 21.0 Å². The van der Waals surface area contributed by atoms with Crippen LogP contribution in [-0.2, 0) is 10.0 Å². The van der Waals surface area contributed by atoms with E-state index in [1.54, 1.807) is 6.92 Å². The van der Waals surface area contributed by atoms with E-state index < -0.39 is 26.6 Å². The van der Waals surface area contributed by atoms with Gasteiger partial charge in [0.2, 0.25) is 10.0 Å². The summed E-state index contributed by atoms with van der Waals surface area (Å²) in [5, 5.41) is 0. The monoisotopic (exact) mass is 342 g/mol. The van der Waals surface area contributed by atoms with Crippen LogP contribution in [0.1, 0.15) is 13.3 Å². The second-order valence-electron chi connectivity index (χ2n) is 3.86. The van der Waals surface area contributed by atoms with Gasteiger partial charge in [0, 0.05) is 23.1 Å². The molecule has 0 bridgehead atoms. The van der Waals surface area contributed by atoms with Crippen molar-refractivity contribution in [2.45, 2.75) is 24.3 Å². The standard InChI is InChI=1S/C10H13BrF2N2O2S/c1-6(14)2-3-15-18(16,17)10-8(11)4-7(12)5-9(10)13/h4-6,15H,2-3,14H2,1H3. The molecule has 0 saturated carbocycles. The number of hydrogen-bond acceptors (Lipinski definition) is 3. The normalized spacial score (nSPS) is 13.6. The summed E-state index contributed by atoms with van der Waals surface area (Å²) in [5.41, 5.74) is 5.47. The van der Waals surface area contributed by atoms with E-state index in [2.05, 4.69) is 20.7 Å². The van der Waals surface area contributed by atoms with E-state index in [1.807, 2.05) is 0 Å². The average Bonchev–Trinajstić information content (AvgIpc) is 2.13. The van der Waals surface area contributed by atoms with Gasteiger partial charge in [-0.15, -0.1) is 0 Å². The Morgan fingerprint density at radius 2 is 2.06 bits per heavy atom. The Morgan fingerprint density at radius 1 is 1.44 bits per heavy atom. The van der Waals surface area contributed by atoms with Crippen molar-refractivity contribution in [2.24, 2.45) is 5.73 Å². The molecule has 0 aliphatic heterocycles. The van der Waals surface area contributed by atoms with E-state index >= 15 is 0 Å². The van der Waals surface area contributed by atoms with E-state index in [4.69, 9.17) is 5.73 Å². The molecule has 0 fully saturated rings. The van der Waals surface area contributed by atoms with Gasteiger partial charge in [0.15, 0.2) is 0 Å². The number of nitrogens with two attached hydrogens (primary N) is 1. The van der Waals surface area contributed by atoms with Crippen LogP contribution in [0.2, 0.25) is 0 Å². The van der Waals surface area contributed by atoms with E-state index in [1.165, 1.54) is 0 Å². The molecule has 1 rings (SSSR count). The Labute approximate surface area is 113 Å². The summed E-state index contributed by atoms with van der Waals surface area (Å²) in [4.78, 5) is -0.603. The fraction of sp³-hybridized carbons (Fsp3) is 0.400. The van der Waals surface area contributed by atoms with Crippen molar-refractivity contribution in [3.05, 3.63) is 28.2 Å². The van der Waals surface area contributed by atoms with Crippen molar-refractivity contribution >= 4 is 26.0 Å². The largest absolute Gasteiger partial charge is 0.328 e. The first-order valence-electron chi connectivity index (χ1n) is 5.14. The van der Waals surface area contributed by atoms with Gasteiger partial charge in [-0.1, -0.05) is 0 Å². The average molecular weight is 343 g/mol. The Morgan fingerprint density at radius 3 is 2.56 bits per heavy atom. The number of benzene rings is 1. The summed E-state index contributed by atoms with van der Waals surface area (Å²) in [6.45, 7) is 1.81. The molecule has 1 aromatic rings. The predicted octanol–water partition coefficient (Wildman–Crippen LogP) is 1.74. The number of hydrogen-bond donors (Lipinski definition) is 2. The topological polar surface area (TPSA) is 72.2 Å². The number of halogens is 3. The van der Waals surface area contributed by atoms with Crippen molar-refractivity contribution < 1.29 is 17.2 Å². The minimum Gasteiger partial charge on any atom is -0.328 e. The highest BCUT2D eigenvalue weighted by Gasteiger charge is 2.23. The Balaban J connectivity index is 2.99. The highest BCUT2D eigenvalue weighted by molar-refractivity contribution is 9.10. The fourth-order valence-corrected chi connectivity index (χ4v) is 3.49. The molecule has 0 aromatic heterocycles. The summed E-state index contributed by atoms with van der Waals surface area (Å²) < 4.78 is 52.0. The van der Waals surface area contributed by atoms with Gasteiger partial charge in [-0.05, 0) is 35.3 Å². The van der Waals surface area contributed by atoms with E-state index in [0.29, 0.717) is 12.5 Å². The molecular formula is C10H13BrF2N2O2S. The summed E-state index contributed by atoms with van der Waals surface area (Å²) in [6, 6.07) is 1.24. The molecule has 0 aliphatic rings. The maximum Gasteiger partial charge on any atom is 0.244 e. The lowest BCUT2D eigenvalue weighted by Crippen LogP contribution is -2.29. The molecule has 1 aromatic carbocycles. The minimum absolute atomic E-state index is 0.0866. The van der Waals surface area contributed by atoms with E-state index in [9.17, 15) is 17.2 Å². The van der Waals surface area contributed by atoms with Crippen LogP contribution in [0.3, 0.4) is 0 Å². The summed E-state index contributed by atoms with van der Waals surface area (Å²) in [7, 11) is -4.03. The second kappa shape index (κ2) is 6.05. The molecule has 1 unspecified atom stereocenters. The molecule has 4 nitrogen and oxygen atoms in total. The maximum atomic E-state index is 13.5. The SMILES string of the molecule is CC(N)CCNS(=O)(=O)c1c(F)cc(F)cc1Br. The van der Waals surface area contributed by atoms with Crippen molar-refractivity contribution in [1.82, 2.24) is 4.72 Å². The fourth-order valence-electron chi connectivity index (χ4n) is 1.28. The zero-order valence-electron chi connectivity index (χ0n) is 9.58. The van der Waals surface area contributed by atoms with Crippen LogP contribution in [0.25, 0.3) is 0 Å². The molecular weight excluding hydrogens is 330 g/mol. The predicted molar refractivity (Wildman–Crippen MR) is 67.5 cm³/mol. The van der Waals surface area contributed by atoms with E-state index in [-0.39, 0.29) is 17.1 Å². The number of nitrogens with one attached hydrogen (secondary N) is 1. The highest BCUT2D eigenvalue weighted by Crippen LogP contribution is 2.25. The molecule has 18 heavy (non-hydrogen) atoms. The summed E-state index contributed by atoms with van der Waals surface area (Å²) in [5.74, 6) is -2.00. The quantitative estimate of drug-likeness (QED) is 0.856. The van der Waals surface area contributed by atoms with Crippen LogP contribution < -0.4 is 10.5 Å². The number of sulfonamides is 1. The third-order valence-corrected chi connectivity index (χ3v) is 4.55. The first-order valence-corrected chi connectivity index (χ1v) is 7.41. The Hall–Kier alpha value is -0.570. The van der Waals surface area contributed by atoms with Crippen molar-refractivity contribution in [2.75, 3.05) is 6.54 Å². The minimum atomic E-state index is -4.03. The molecule has 0 amide bonds. The van der Waals surface area contributed by atoms with Gasteiger partial charge in [0.1, 0.15) is 16.5 Å². The first kappa shape index (κ1) is 15.5. The molecule has 0 heterocycles. The molecule has 0 spiro atoms. The van der Waals surface area contributed by atoms with Crippen molar-refractivity contribution in [3.8, 4) is 0 Å². The van der Waals surface area contributed by atoms with Gasteiger partial charge in [-0.2, -0.15) is 0 Å². The molecule has 0 aliphatic carbocycles. The Bertz CT molecular complexity index is 512. The van der Waals surface area contributed by atoms with Gasteiger partial charge >= 0.3 is 0 Å². The van der Waals surface area contributed by atoms with Gasteiger partial charge < -0.3 is 5.73 Å². The first-order chi connectivity index (χ1) is 8.24. The molecule has 3 N–H and O–H groups in total. The van der Waals surface area contributed by atoms with Crippen LogP contribution in [0, 0.1) is 11.6 Å². The smallest absolute Gasteiger partial charge is 0.244 e. The molecule has 0 radical (unpaired) electrons. The van der Waals surface area contributed by atoms with Crippen LogP contribution in [0.5, 0.6) is 0 Å². The third kappa shape index (κ3) is 3.98. The molecule has 0 saturated heterocycles. The van der Waals surface area contributed by atoms with Gasteiger partial charge in [0.05, 0.1) is 0 Å². The van der Waals surface area contributed by atoms with Crippen molar-refractivity contribution in [1.29, 1.82) is 0 Å². The highest BCUT2D eigenvalue weighted by atomic mass is 79.9. The van der Waals surface area contributed by atoms with Gasteiger partial charge in [-0.25, -0.2) is 21.9 Å². The maximum absolute atomic E-state index is 13.5. The molecule has 8 heteroatoms. The van der Waals surface area contributed by atoms with Crippen LogP contribution >= 0.6 is 15.9 Å².